The van der Waals surface area contributed by atoms with Gasteiger partial charge < -0.3 is 0 Å². The predicted molar refractivity (Wildman–Crippen MR) is 119 cm³/mol. The van der Waals surface area contributed by atoms with Crippen LogP contribution in [0, 0.1) is 0 Å². The number of thioether (sulfide) groups is 1. The highest BCUT2D eigenvalue weighted by Crippen LogP contribution is 2.38. The Kier molecular flexibility index (Phi) is 8.63. The molecule has 2 aromatic carbocycles. The van der Waals surface area contributed by atoms with Crippen LogP contribution in [0.15, 0.2) is 58.3 Å². The molecule has 14 heteroatoms. The number of amides is 1. The van der Waals surface area contributed by atoms with Crippen LogP contribution < -0.4 is 5.48 Å². The van der Waals surface area contributed by atoms with Crippen LogP contribution >= 0.6 is 11.8 Å². The van der Waals surface area contributed by atoms with E-state index in [1.165, 1.54) is 41.5 Å². The van der Waals surface area contributed by atoms with E-state index in [1.807, 2.05) is 0 Å². The molecule has 1 heterocycles. The second-order valence-electron chi connectivity index (χ2n) is 8.13. The van der Waals surface area contributed by atoms with E-state index in [1.54, 1.807) is 0 Å². The first-order chi connectivity index (χ1) is 16.7. The SMILES string of the molecule is O=C(NO)C(CC(F)(F)F)c1ccccc1S(=O)(=O)N1CCC(Sc2ccc(C(F)(F)F)cc2)CC1. The van der Waals surface area contributed by atoms with E-state index < -0.39 is 51.1 Å². The molecule has 2 aromatic rings. The molecule has 1 unspecified atom stereocenters. The summed E-state index contributed by atoms with van der Waals surface area (Å²) < 4.78 is 105. The van der Waals surface area contributed by atoms with Crippen LogP contribution in [0.25, 0.3) is 0 Å². The number of piperidine rings is 1. The van der Waals surface area contributed by atoms with Gasteiger partial charge in [0.2, 0.25) is 10.0 Å². The second-order valence-corrected chi connectivity index (χ2v) is 11.4. The molecule has 6 nitrogen and oxygen atoms in total. The number of halogens is 6. The number of sulfonamides is 1. The lowest BCUT2D eigenvalue weighted by Crippen LogP contribution is -2.40. The molecule has 0 spiro atoms. The van der Waals surface area contributed by atoms with Gasteiger partial charge in [0.05, 0.1) is 22.8 Å². The van der Waals surface area contributed by atoms with Gasteiger partial charge in [0.15, 0.2) is 0 Å². The number of carbonyl (C=O) groups is 1. The molecule has 0 saturated carbocycles. The Morgan fingerprint density at radius 3 is 2.14 bits per heavy atom. The third-order valence-electron chi connectivity index (χ3n) is 5.66. The van der Waals surface area contributed by atoms with Crippen molar-refractivity contribution in [3.63, 3.8) is 0 Å². The normalized spacial score (nSPS) is 17.1. The van der Waals surface area contributed by atoms with Crippen molar-refractivity contribution in [2.24, 2.45) is 0 Å². The average molecular weight is 557 g/mol. The molecule has 0 bridgehead atoms. The molecule has 1 amide bonds. The van der Waals surface area contributed by atoms with E-state index in [0.29, 0.717) is 17.7 Å². The van der Waals surface area contributed by atoms with Crippen LogP contribution in [-0.2, 0) is 21.0 Å². The van der Waals surface area contributed by atoms with Crippen molar-refractivity contribution in [2.75, 3.05) is 13.1 Å². The van der Waals surface area contributed by atoms with Crippen molar-refractivity contribution < 1.29 is 44.8 Å². The zero-order valence-electron chi connectivity index (χ0n) is 18.5. The molecule has 1 atom stereocenters. The van der Waals surface area contributed by atoms with Crippen molar-refractivity contribution in [2.45, 2.75) is 52.6 Å². The van der Waals surface area contributed by atoms with Gasteiger partial charge in [0.1, 0.15) is 0 Å². The Labute approximate surface area is 207 Å². The highest BCUT2D eigenvalue weighted by atomic mass is 32.2. The first kappa shape index (κ1) is 28.3. The number of nitrogens with one attached hydrogen (secondary N) is 1. The summed E-state index contributed by atoms with van der Waals surface area (Å²) in [7, 11) is -4.28. The van der Waals surface area contributed by atoms with Gasteiger partial charge in [-0.1, -0.05) is 18.2 Å². The zero-order valence-corrected chi connectivity index (χ0v) is 20.1. The Morgan fingerprint density at radius 2 is 1.61 bits per heavy atom. The van der Waals surface area contributed by atoms with Crippen molar-refractivity contribution in [3.8, 4) is 0 Å². The topological polar surface area (TPSA) is 86.7 Å². The molecule has 2 N–H and O–H groups in total. The largest absolute Gasteiger partial charge is 0.416 e. The molecule has 0 aromatic heterocycles. The van der Waals surface area contributed by atoms with Gasteiger partial charge in [-0.15, -0.1) is 11.8 Å². The summed E-state index contributed by atoms with van der Waals surface area (Å²) in [5, 5.41) is 8.84. The predicted octanol–water partition coefficient (Wildman–Crippen LogP) is 5.19. The summed E-state index contributed by atoms with van der Waals surface area (Å²) in [5.41, 5.74) is 0.0130. The van der Waals surface area contributed by atoms with Gasteiger partial charge >= 0.3 is 12.4 Å². The number of hydrogen-bond donors (Lipinski definition) is 2. The van der Waals surface area contributed by atoms with E-state index in [-0.39, 0.29) is 23.9 Å². The third kappa shape index (κ3) is 6.93. The van der Waals surface area contributed by atoms with Gasteiger partial charge in [-0.25, -0.2) is 13.9 Å². The number of carbonyl (C=O) groups excluding carboxylic acids is 1. The van der Waals surface area contributed by atoms with Gasteiger partial charge in [-0.3, -0.25) is 10.0 Å². The highest BCUT2D eigenvalue weighted by molar-refractivity contribution is 8.00. The first-order valence-electron chi connectivity index (χ1n) is 10.7. The van der Waals surface area contributed by atoms with Crippen LogP contribution in [-0.4, -0.2) is 48.4 Å². The van der Waals surface area contributed by atoms with Gasteiger partial charge in [0.25, 0.3) is 5.91 Å². The van der Waals surface area contributed by atoms with Crippen molar-refractivity contribution in [1.82, 2.24) is 9.79 Å². The maximum absolute atomic E-state index is 13.3. The van der Waals surface area contributed by atoms with E-state index >= 15 is 0 Å². The van der Waals surface area contributed by atoms with Crippen LogP contribution in [0.1, 0.15) is 36.3 Å². The minimum Gasteiger partial charge on any atom is -0.289 e. The van der Waals surface area contributed by atoms with Gasteiger partial charge in [-0.2, -0.15) is 30.6 Å². The van der Waals surface area contributed by atoms with E-state index in [9.17, 15) is 39.6 Å². The van der Waals surface area contributed by atoms with Crippen LogP contribution in [0.3, 0.4) is 0 Å². The number of alkyl halides is 6. The molecule has 0 radical (unpaired) electrons. The van der Waals surface area contributed by atoms with Gasteiger partial charge in [0, 0.05) is 23.2 Å². The first-order valence-corrected chi connectivity index (χ1v) is 13.0. The summed E-state index contributed by atoms with van der Waals surface area (Å²) in [6.45, 7) is 0.0657. The maximum atomic E-state index is 13.3. The van der Waals surface area contributed by atoms with E-state index in [4.69, 9.17) is 5.21 Å². The Morgan fingerprint density at radius 1 is 1.03 bits per heavy atom. The fourth-order valence-electron chi connectivity index (χ4n) is 3.90. The van der Waals surface area contributed by atoms with E-state index in [2.05, 4.69) is 0 Å². The van der Waals surface area contributed by atoms with E-state index in [0.717, 1.165) is 28.6 Å². The smallest absolute Gasteiger partial charge is 0.289 e. The van der Waals surface area contributed by atoms with Crippen LogP contribution in [0.5, 0.6) is 0 Å². The zero-order chi connectivity index (χ0) is 26.7. The Bertz CT molecular complexity index is 1160. The molecule has 1 aliphatic rings. The minimum absolute atomic E-state index is 0.0328. The molecular weight excluding hydrogens is 534 g/mol. The standard InChI is InChI=1S/C22H22F6N2O4S2/c23-21(24,25)13-18(20(31)29-32)17-3-1-2-4-19(17)36(33,34)30-11-9-16(10-12-30)35-15-7-5-14(6-8-15)22(26,27)28/h1-8,16,18,32H,9-13H2,(H,29,31). The van der Waals surface area contributed by atoms with Crippen LogP contribution in [0.2, 0.25) is 0 Å². The molecule has 1 aliphatic heterocycles. The molecule has 198 valence electrons. The number of benzene rings is 2. The summed E-state index contributed by atoms with van der Waals surface area (Å²) in [5.74, 6) is -3.37. The maximum Gasteiger partial charge on any atom is 0.416 e. The number of rotatable bonds is 7. The van der Waals surface area contributed by atoms with Crippen LogP contribution in [0.4, 0.5) is 26.3 Å². The Balaban J connectivity index is 1.75. The molecule has 1 saturated heterocycles. The summed E-state index contributed by atoms with van der Waals surface area (Å²) in [6, 6.07) is 9.48. The number of hydroxylamine groups is 1. The van der Waals surface area contributed by atoms with Crippen molar-refractivity contribution in [3.05, 3.63) is 59.7 Å². The van der Waals surface area contributed by atoms with Gasteiger partial charge in [-0.05, 0) is 48.7 Å². The quantitative estimate of drug-likeness (QED) is 0.279. The summed E-state index contributed by atoms with van der Waals surface area (Å²) in [6.07, 6.45) is -10.2. The fraction of sp³-hybridized carbons (Fsp3) is 0.409. The lowest BCUT2D eigenvalue weighted by atomic mass is 9.94. The second kappa shape index (κ2) is 11.0. The van der Waals surface area contributed by atoms with Crippen molar-refractivity contribution in [1.29, 1.82) is 0 Å². The lowest BCUT2D eigenvalue weighted by Gasteiger charge is -2.32. The number of nitrogens with zero attached hydrogens (tertiary/aromatic N) is 1. The van der Waals surface area contributed by atoms with Crippen molar-refractivity contribution >= 4 is 27.7 Å². The minimum atomic E-state index is -4.80. The highest BCUT2D eigenvalue weighted by Gasteiger charge is 2.40. The average Bonchev–Trinajstić information content (AvgIpc) is 2.81. The number of hydrogen-bond acceptors (Lipinski definition) is 5. The summed E-state index contributed by atoms with van der Waals surface area (Å²) >= 11 is 1.32. The molecule has 36 heavy (non-hydrogen) atoms. The molecular formula is C22H22F6N2O4S2. The monoisotopic (exact) mass is 556 g/mol. The Hall–Kier alpha value is -2.29. The molecule has 1 fully saturated rings. The molecule has 0 aliphatic carbocycles. The third-order valence-corrected chi connectivity index (χ3v) is 8.98. The lowest BCUT2D eigenvalue weighted by molar-refractivity contribution is -0.152. The molecule has 3 rings (SSSR count). The fourth-order valence-corrected chi connectivity index (χ4v) is 6.75. The summed E-state index contributed by atoms with van der Waals surface area (Å²) in [4.78, 5) is 12.1.